The first kappa shape index (κ1) is 25.0. The second kappa shape index (κ2) is 10.4. The number of amides is 5. The topological polar surface area (TPSA) is 113 Å². The number of carbonyl (C=O) groups is 5. The van der Waals surface area contributed by atoms with Crippen LogP contribution in [0.1, 0.15) is 44.7 Å². The molecule has 1 unspecified atom stereocenters. The maximum absolute atomic E-state index is 13.7. The largest absolute Gasteiger partial charge is 0.355 e. The summed E-state index contributed by atoms with van der Waals surface area (Å²) in [7, 11) is 0. The Hall–Kier alpha value is -4.66. The van der Waals surface area contributed by atoms with Crippen molar-refractivity contribution in [1.82, 2.24) is 15.5 Å². The molecule has 5 amide bonds. The normalized spacial score (nSPS) is 16.9. The summed E-state index contributed by atoms with van der Waals surface area (Å²) >= 11 is 0. The number of hydrogen-bond donors (Lipinski definition) is 2. The number of carbonyl (C=O) groups excluding carboxylic acids is 5. The quantitative estimate of drug-likeness (QED) is 0.472. The van der Waals surface area contributed by atoms with Crippen molar-refractivity contribution in [2.45, 2.75) is 31.7 Å². The Bertz CT molecular complexity index is 1470. The van der Waals surface area contributed by atoms with Crippen LogP contribution in [-0.2, 0) is 27.2 Å². The standard InChI is InChI=1S/C29H24FN3O5/c30-22-7-2-1-4-19(22)16-25(35)31-15-14-17-8-10-18(11-9-17)20-5-3-6-21-26(20)29(38)33(28(21)37)23-12-13-24(34)32-27(23)36/h1-11,23H,12-16H2,(H,31,35)(H,32,34,36). The van der Waals surface area contributed by atoms with Crippen LogP contribution in [0.4, 0.5) is 4.39 Å². The number of nitrogens with one attached hydrogen (secondary N) is 2. The monoisotopic (exact) mass is 513 g/mol. The minimum Gasteiger partial charge on any atom is -0.355 e. The lowest BCUT2D eigenvalue weighted by atomic mass is 9.95. The van der Waals surface area contributed by atoms with Gasteiger partial charge in [0.1, 0.15) is 11.9 Å². The highest BCUT2D eigenvalue weighted by Crippen LogP contribution is 2.35. The molecule has 2 heterocycles. The minimum atomic E-state index is -1.02. The zero-order chi connectivity index (χ0) is 26.8. The molecule has 1 fully saturated rings. The summed E-state index contributed by atoms with van der Waals surface area (Å²) in [5.74, 6) is -2.86. The van der Waals surface area contributed by atoms with Crippen LogP contribution in [0.5, 0.6) is 0 Å². The second-order valence-electron chi connectivity index (χ2n) is 9.24. The second-order valence-corrected chi connectivity index (χ2v) is 9.24. The van der Waals surface area contributed by atoms with Crippen LogP contribution in [0.3, 0.4) is 0 Å². The van der Waals surface area contributed by atoms with Crippen LogP contribution < -0.4 is 10.6 Å². The van der Waals surface area contributed by atoms with Crippen molar-refractivity contribution < 1.29 is 28.4 Å². The van der Waals surface area contributed by atoms with E-state index in [4.69, 9.17) is 0 Å². The predicted molar refractivity (Wildman–Crippen MR) is 135 cm³/mol. The van der Waals surface area contributed by atoms with Gasteiger partial charge in [-0.2, -0.15) is 0 Å². The van der Waals surface area contributed by atoms with Gasteiger partial charge in [-0.1, -0.05) is 54.6 Å². The van der Waals surface area contributed by atoms with E-state index >= 15 is 0 Å². The summed E-state index contributed by atoms with van der Waals surface area (Å²) in [5.41, 5.74) is 3.03. The van der Waals surface area contributed by atoms with Crippen molar-refractivity contribution in [2.75, 3.05) is 6.54 Å². The maximum Gasteiger partial charge on any atom is 0.262 e. The highest BCUT2D eigenvalue weighted by Gasteiger charge is 2.45. The Kier molecular flexibility index (Phi) is 6.83. The fourth-order valence-corrected chi connectivity index (χ4v) is 4.83. The average Bonchev–Trinajstić information content (AvgIpc) is 3.16. The summed E-state index contributed by atoms with van der Waals surface area (Å²) in [5, 5.41) is 4.99. The molecule has 2 N–H and O–H groups in total. The fraction of sp³-hybridized carbons (Fsp3) is 0.207. The number of imide groups is 2. The number of benzene rings is 3. The Morgan fingerprint density at radius 1 is 0.921 bits per heavy atom. The van der Waals surface area contributed by atoms with Crippen molar-refractivity contribution in [3.05, 3.63) is 94.8 Å². The van der Waals surface area contributed by atoms with Crippen LogP contribution in [0, 0.1) is 5.82 Å². The maximum atomic E-state index is 13.7. The van der Waals surface area contributed by atoms with Crippen molar-refractivity contribution in [1.29, 1.82) is 0 Å². The molecule has 9 heteroatoms. The highest BCUT2D eigenvalue weighted by atomic mass is 19.1. The predicted octanol–water partition coefficient (Wildman–Crippen LogP) is 2.80. The number of fused-ring (bicyclic) bond motifs is 1. The van der Waals surface area contributed by atoms with E-state index in [2.05, 4.69) is 10.6 Å². The number of halogens is 1. The van der Waals surface area contributed by atoms with Crippen molar-refractivity contribution >= 4 is 29.5 Å². The van der Waals surface area contributed by atoms with Gasteiger partial charge in [0.25, 0.3) is 11.8 Å². The van der Waals surface area contributed by atoms with E-state index in [9.17, 15) is 28.4 Å². The molecule has 1 atom stereocenters. The number of nitrogens with zero attached hydrogens (tertiary/aromatic N) is 1. The Labute approximate surface area is 217 Å². The van der Waals surface area contributed by atoms with Gasteiger partial charge in [0.2, 0.25) is 17.7 Å². The molecule has 1 saturated heterocycles. The van der Waals surface area contributed by atoms with E-state index < -0.39 is 35.5 Å². The van der Waals surface area contributed by atoms with Crippen LogP contribution in [0.15, 0.2) is 66.7 Å². The van der Waals surface area contributed by atoms with Gasteiger partial charge < -0.3 is 5.32 Å². The molecule has 0 aromatic heterocycles. The van der Waals surface area contributed by atoms with Crippen LogP contribution >= 0.6 is 0 Å². The third kappa shape index (κ3) is 4.82. The van der Waals surface area contributed by atoms with Crippen molar-refractivity contribution in [3.8, 4) is 11.1 Å². The molecular formula is C29H24FN3O5. The molecule has 2 aliphatic heterocycles. The summed E-state index contributed by atoms with van der Waals surface area (Å²) in [6.07, 6.45) is 0.670. The molecule has 38 heavy (non-hydrogen) atoms. The van der Waals surface area contributed by atoms with Gasteiger partial charge in [0.05, 0.1) is 17.5 Å². The van der Waals surface area contributed by atoms with E-state index in [1.165, 1.54) is 6.07 Å². The highest BCUT2D eigenvalue weighted by molar-refractivity contribution is 6.25. The van der Waals surface area contributed by atoms with E-state index in [0.717, 1.165) is 16.0 Å². The Morgan fingerprint density at radius 3 is 2.39 bits per heavy atom. The summed E-state index contributed by atoms with van der Waals surface area (Å²) < 4.78 is 13.7. The Morgan fingerprint density at radius 2 is 1.66 bits per heavy atom. The van der Waals surface area contributed by atoms with Crippen molar-refractivity contribution in [2.24, 2.45) is 0 Å². The van der Waals surface area contributed by atoms with E-state index in [1.54, 1.807) is 36.4 Å². The average molecular weight is 514 g/mol. The van der Waals surface area contributed by atoms with Crippen LogP contribution in [-0.4, -0.2) is 47.0 Å². The zero-order valence-corrected chi connectivity index (χ0v) is 20.3. The lowest BCUT2D eigenvalue weighted by Gasteiger charge is -2.27. The first-order chi connectivity index (χ1) is 18.3. The molecule has 8 nitrogen and oxygen atoms in total. The number of rotatable bonds is 7. The Balaban J connectivity index is 1.26. The van der Waals surface area contributed by atoms with E-state index in [1.807, 2.05) is 24.3 Å². The molecule has 192 valence electrons. The van der Waals surface area contributed by atoms with Gasteiger partial charge >= 0.3 is 0 Å². The lowest BCUT2D eigenvalue weighted by molar-refractivity contribution is -0.136. The molecule has 0 radical (unpaired) electrons. The van der Waals surface area contributed by atoms with Gasteiger partial charge in [-0.15, -0.1) is 0 Å². The molecule has 3 aromatic rings. The third-order valence-corrected chi connectivity index (χ3v) is 6.78. The number of piperidine rings is 1. The SMILES string of the molecule is O=C(Cc1ccccc1F)NCCc1ccc(-c2cccc3c2C(=O)N(C2CCC(=O)NC2=O)C3=O)cc1. The molecule has 0 bridgehead atoms. The molecule has 0 saturated carbocycles. The summed E-state index contributed by atoms with van der Waals surface area (Å²) in [6.45, 7) is 0.376. The summed E-state index contributed by atoms with van der Waals surface area (Å²) in [4.78, 5) is 63.4. The van der Waals surface area contributed by atoms with E-state index in [0.29, 0.717) is 24.1 Å². The van der Waals surface area contributed by atoms with Gasteiger partial charge in [0, 0.05) is 13.0 Å². The number of hydrogen-bond acceptors (Lipinski definition) is 5. The molecule has 0 spiro atoms. The van der Waals surface area contributed by atoms with Crippen LogP contribution in [0.2, 0.25) is 0 Å². The lowest BCUT2D eigenvalue weighted by Crippen LogP contribution is -2.54. The van der Waals surface area contributed by atoms with Gasteiger partial charge in [0.15, 0.2) is 0 Å². The first-order valence-electron chi connectivity index (χ1n) is 12.3. The minimum absolute atomic E-state index is 0.0344. The molecular weight excluding hydrogens is 489 g/mol. The van der Waals surface area contributed by atoms with Gasteiger partial charge in [-0.05, 0) is 47.2 Å². The molecule has 3 aromatic carbocycles. The van der Waals surface area contributed by atoms with Crippen molar-refractivity contribution in [3.63, 3.8) is 0 Å². The first-order valence-corrected chi connectivity index (χ1v) is 12.3. The van der Waals surface area contributed by atoms with Gasteiger partial charge in [-0.25, -0.2) is 4.39 Å². The third-order valence-electron chi connectivity index (χ3n) is 6.78. The van der Waals surface area contributed by atoms with E-state index in [-0.39, 0.29) is 36.3 Å². The summed E-state index contributed by atoms with van der Waals surface area (Å²) in [6, 6.07) is 17.5. The molecule has 5 rings (SSSR count). The zero-order valence-electron chi connectivity index (χ0n) is 20.3. The molecule has 0 aliphatic carbocycles. The van der Waals surface area contributed by atoms with Crippen LogP contribution in [0.25, 0.3) is 11.1 Å². The van der Waals surface area contributed by atoms with Gasteiger partial charge in [-0.3, -0.25) is 34.2 Å². The molecule has 2 aliphatic rings. The smallest absolute Gasteiger partial charge is 0.262 e. The fourth-order valence-electron chi connectivity index (χ4n) is 4.83.